The zero-order chi connectivity index (χ0) is 17.8. The van der Waals surface area contributed by atoms with Crippen LogP contribution in [0.25, 0.3) is 0 Å². The van der Waals surface area contributed by atoms with Gasteiger partial charge in [-0.15, -0.1) is 0 Å². The Hall–Kier alpha value is -2.76. The molecule has 3 rings (SSSR count). The Morgan fingerprint density at radius 2 is 2.04 bits per heavy atom. The van der Waals surface area contributed by atoms with E-state index in [1.165, 1.54) is 7.11 Å². The minimum atomic E-state index is -0.370. The van der Waals surface area contributed by atoms with E-state index in [2.05, 4.69) is 10.1 Å². The lowest BCUT2D eigenvalue weighted by Gasteiger charge is -2.26. The number of nitrogens with one attached hydrogen (secondary N) is 1. The molecule has 0 aliphatic heterocycles. The second-order valence-corrected chi connectivity index (χ2v) is 6.24. The third-order valence-electron chi connectivity index (χ3n) is 4.49. The van der Waals surface area contributed by atoms with Gasteiger partial charge in [0.2, 0.25) is 0 Å². The molecule has 1 aromatic carbocycles. The van der Waals surface area contributed by atoms with E-state index >= 15 is 0 Å². The van der Waals surface area contributed by atoms with E-state index < -0.39 is 0 Å². The van der Waals surface area contributed by atoms with Crippen molar-refractivity contribution < 1.29 is 18.7 Å². The van der Waals surface area contributed by atoms with Crippen LogP contribution in [0.15, 0.2) is 41.0 Å². The molecule has 0 spiro atoms. The van der Waals surface area contributed by atoms with Gasteiger partial charge < -0.3 is 19.4 Å². The Morgan fingerprint density at radius 3 is 2.76 bits per heavy atom. The number of urea groups is 1. The van der Waals surface area contributed by atoms with Crippen LogP contribution in [-0.4, -0.2) is 31.1 Å². The average molecular weight is 342 g/mol. The lowest BCUT2D eigenvalue weighted by atomic mass is 9.93. The number of hydrogen-bond donors (Lipinski definition) is 1. The van der Waals surface area contributed by atoms with Crippen molar-refractivity contribution in [1.82, 2.24) is 10.2 Å². The summed E-state index contributed by atoms with van der Waals surface area (Å²) in [7, 11) is 3.10. The number of methoxy groups -OCH3 is 1. The van der Waals surface area contributed by atoms with E-state index in [9.17, 15) is 9.59 Å². The second kappa shape index (κ2) is 7.42. The number of aryl methyl sites for hydroxylation is 1. The van der Waals surface area contributed by atoms with Gasteiger partial charge in [-0.05, 0) is 36.6 Å². The van der Waals surface area contributed by atoms with Crippen molar-refractivity contribution in [3.8, 4) is 0 Å². The van der Waals surface area contributed by atoms with E-state index in [0.29, 0.717) is 12.1 Å². The number of ether oxygens (including phenoxy) is 1. The number of amides is 2. The van der Waals surface area contributed by atoms with Crippen LogP contribution in [-0.2, 0) is 17.7 Å². The minimum Gasteiger partial charge on any atom is -0.469 e. The standard InChI is InChI=1S/C19H22N2O4/c1-21(12-13-6-8-14(9-7-13)18(22)24-2)19(23)20-16-4-3-5-17-15(16)10-11-25-17/h6-11,16H,3-5,12H2,1-2H3,(H,20,23). The summed E-state index contributed by atoms with van der Waals surface area (Å²) in [6, 6.07) is 8.85. The highest BCUT2D eigenvalue weighted by Gasteiger charge is 2.25. The molecule has 0 radical (unpaired) electrons. The molecule has 1 N–H and O–H groups in total. The van der Waals surface area contributed by atoms with E-state index in [1.54, 1.807) is 30.3 Å². The molecule has 6 nitrogen and oxygen atoms in total. The quantitative estimate of drug-likeness (QED) is 0.866. The fourth-order valence-electron chi connectivity index (χ4n) is 3.11. The van der Waals surface area contributed by atoms with E-state index in [0.717, 1.165) is 36.1 Å². The van der Waals surface area contributed by atoms with Gasteiger partial charge in [0.15, 0.2) is 0 Å². The largest absolute Gasteiger partial charge is 0.469 e. The van der Waals surface area contributed by atoms with Crippen LogP contribution >= 0.6 is 0 Å². The molecule has 0 bridgehead atoms. The molecule has 1 aliphatic rings. The first-order chi connectivity index (χ1) is 12.1. The first-order valence-corrected chi connectivity index (χ1v) is 8.33. The zero-order valence-electron chi connectivity index (χ0n) is 14.5. The van der Waals surface area contributed by atoms with Crippen molar-refractivity contribution in [1.29, 1.82) is 0 Å². The molecule has 1 atom stereocenters. The van der Waals surface area contributed by atoms with Gasteiger partial charge in [0.05, 0.1) is 25.0 Å². The predicted octanol–water partition coefficient (Wildman–Crippen LogP) is 3.29. The Labute approximate surface area is 146 Å². The van der Waals surface area contributed by atoms with Crippen LogP contribution in [0.1, 0.15) is 46.1 Å². The number of nitrogens with zero attached hydrogens (tertiary/aromatic N) is 1. The summed E-state index contributed by atoms with van der Waals surface area (Å²) in [4.78, 5) is 25.6. The fraction of sp³-hybridized carbons (Fsp3) is 0.368. The highest BCUT2D eigenvalue weighted by atomic mass is 16.5. The number of hydrogen-bond acceptors (Lipinski definition) is 4. The number of carbonyl (C=O) groups excluding carboxylic acids is 2. The van der Waals surface area contributed by atoms with Crippen molar-refractivity contribution in [3.05, 3.63) is 59.0 Å². The molecule has 1 aliphatic carbocycles. The van der Waals surface area contributed by atoms with Crippen LogP contribution in [0.5, 0.6) is 0 Å². The third-order valence-corrected chi connectivity index (χ3v) is 4.49. The molecule has 2 aromatic rings. The summed E-state index contributed by atoms with van der Waals surface area (Å²) < 4.78 is 10.1. The molecule has 25 heavy (non-hydrogen) atoms. The number of benzene rings is 1. The average Bonchev–Trinajstić information content (AvgIpc) is 3.11. The van der Waals surface area contributed by atoms with Crippen LogP contribution in [0.2, 0.25) is 0 Å². The molecule has 1 aromatic heterocycles. The van der Waals surface area contributed by atoms with Gasteiger partial charge in [-0.2, -0.15) is 0 Å². The van der Waals surface area contributed by atoms with Crippen LogP contribution < -0.4 is 5.32 Å². The second-order valence-electron chi connectivity index (χ2n) is 6.24. The highest BCUT2D eigenvalue weighted by molar-refractivity contribution is 5.89. The number of fused-ring (bicyclic) bond motifs is 1. The maximum absolute atomic E-state index is 12.5. The molecule has 1 unspecified atom stereocenters. The summed E-state index contributed by atoms with van der Waals surface area (Å²) >= 11 is 0. The van der Waals surface area contributed by atoms with Crippen LogP contribution in [0.3, 0.4) is 0 Å². The minimum absolute atomic E-state index is 0.000787. The summed E-state index contributed by atoms with van der Waals surface area (Å²) in [5, 5.41) is 3.07. The van der Waals surface area contributed by atoms with E-state index in [4.69, 9.17) is 4.42 Å². The number of esters is 1. The van der Waals surface area contributed by atoms with Crippen LogP contribution in [0.4, 0.5) is 4.79 Å². The SMILES string of the molecule is COC(=O)c1ccc(CN(C)C(=O)NC2CCCc3occc32)cc1. The topological polar surface area (TPSA) is 71.8 Å². The Bertz CT molecular complexity index is 751. The molecular formula is C19H22N2O4. The van der Waals surface area contributed by atoms with Gasteiger partial charge in [-0.3, -0.25) is 0 Å². The molecule has 0 fully saturated rings. The van der Waals surface area contributed by atoms with Crippen molar-refractivity contribution in [2.24, 2.45) is 0 Å². The van der Waals surface area contributed by atoms with Gasteiger partial charge in [0.1, 0.15) is 5.76 Å². The monoisotopic (exact) mass is 342 g/mol. The van der Waals surface area contributed by atoms with Crippen molar-refractivity contribution in [2.45, 2.75) is 31.8 Å². The number of rotatable bonds is 4. The van der Waals surface area contributed by atoms with Gasteiger partial charge in [-0.25, -0.2) is 9.59 Å². The van der Waals surface area contributed by atoms with Gasteiger partial charge in [-0.1, -0.05) is 12.1 Å². The first kappa shape index (κ1) is 17.1. The molecule has 132 valence electrons. The molecule has 0 saturated carbocycles. The zero-order valence-corrected chi connectivity index (χ0v) is 14.5. The van der Waals surface area contributed by atoms with E-state index in [1.807, 2.05) is 18.2 Å². The van der Waals surface area contributed by atoms with E-state index in [-0.39, 0.29) is 18.0 Å². The number of carbonyl (C=O) groups is 2. The lowest BCUT2D eigenvalue weighted by molar-refractivity contribution is 0.0600. The molecular weight excluding hydrogens is 320 g/mol. The Kier molecular flexibility index (Phi) is 5.07. The maximum Gasteiger partial charge on any atom is 0.337 e. The smallest absolute Gasteiger partial charge is 0.337 e. The lowest BCUT2D eigenvalue weighted by Crippen LogP contribution is -2.39. The Morgan fingerprint density at radius 1 is 1.28 bits per heavy atom. The molecule has 1 heterocycles. The summed E-state index contributed by atoms with van der Waals surface area (Å²) in [6.07, 6.45) is 4.53. The van der Waals surface area contributed by atoms with Gasteiger partial charge >= 0.3 is 12.0 Å². The van der Waals surface area contributed by atoms with Crippen LogP contribution in [0, 0.1) is 0 Å². The van der Waals surface area contributed by atoms with Crippen molar-refractivity contribution in [2.75, 3.05) is 14.2 Å². The predicted molar refractivity (Wildman–Crippen MR) is 92.2 cm³/mol. The first-order valence-electron chi connectivity index (χ1n) is 8.33. The molecule has 0 saturated heterocycles. The maximum atomic E-state index is 12.5. The Balaban J connectivity index is 1.59. The fourth-order valence-corrected chi connectivity index (χ4v) is 3.11. The van der Waals surface area contributed by atoms with Gasteiger partial charge in [0.25, 0.3) is 0 Å². The summed E-state index contributed by atoms with van der Waals surface area (Å²) in [5.74, 6) is 0.600. The summed E-state index contributed by atoms with van der Waals surface area (Å²) in [6.45, 7) is 0.457. The third kappa shape index (κ3) is 3.84. The molecule has 6 heteroatoms. The normalized spacial score (nSPS) is 16.0. The summed E-state index contributed by atoms with van der Waals surface area (Å²) in [5.41, 5.74) is 2.52. The van der Waals surface area contributed by atoms with Crippen molar-refractivity contribution in [3.63, 3.8) is 0 Å². The van der Waals surface area contributed by atoms with Crippen molar-refractivity contribution >= 4 is 12.0 Å². The van der Waals surface area contributed by atoms with Gasteiger partial charge in [0, 0.05) is 25.6 Å². The highest BCUT2D eigenvalue weighted by Crippen LogP contribution is 2.30. The number of furan rings is 1. The molecule has 2 amide bonds.